The van der Waals surface area contributed by atoms with Crippen molar-refractivity contribution in [2.75, 3.05) is 6.54 Å². The number of nitrogens with zero attached hydrogens (tertiary/aromatic N) is 2. The van der Waals surface area contributed by atoms with Gasteiger partial charge in [0, 0.05) is 10.8 Å². The topological polar surface area (TPSA) is 64.9 Å². The first-order valence-electron chi connectivity index (χ1n) is 6.97. The van der Waals surface area contributed by atoms with Crippen molar-refractivity contribution < 1.29 is 4.52 Å². The summed E-state index contributed by atoms with van der Waals surface area (Å²) in [6.45, 7) is 5.01. The summed E-state index contributed by atoms with van der Waals surface area (Å²) in [5, 5.41) is 4.67. The van der Waals surface area contributed by atoms with Gasteiger partial charge in [-0.25, -0.2) is 0 Å². The van der Waals surface area contributed by atoms with E-state index in [0.717, 1.165) is 35.5 Å². The van der Waals surface area contributed by atoms with Crippen LogP contribution in [0, 0.1) is 0 Å². The average Bonchev–Trinajstić information content (AvgIpc) is 2.94. The predicted octanol–water partition coefficient (Wildman–Crippen LogP) is 3.27. The van der Waals surface area contributed by atoms with Gasteiger partial charge in [0.05, 0.1) is 5.75 Å². The number of hydrogen-bond donors (Lipinski definition) is 1. The Morgan fingerprint density at radius 3 is 2.90 bits per heavy atom. The quantitative estimate of drug-likeness (QED) is 0.848. The molecule has 1 unspecified atom stereocenters. The zero-order valence-electron chi connectivity index (χ0n) is 12.0. The molecule has 0 bridgehead atoms. The van der Waals surface area contributed by atoms with Crippen molar-refractivity contribution in [3.8, 4) is 11.5 Å². The number of benzene rings is 1. The summed E-state index contributed by atoms with van der Waals surface area (Å²) in [5.74, 6) is 2.14. The molecule has 5 heteroatoms. The van der Waals surface area contributed by atoms with Crippen LogP contribution < -0.4 is 5.73 Å². The molecule has 1 aromatic heterocycles. The molecule has 20 heavy (non-hydrogen) atoms. The summed E-state index contributed by atoms with van der Waals surface area (Å²) in [5.41, 5.74) is 7.78. The van der Waals surface area contributed by atoms with E-state index in [9.17, 15) is 0 Å². The summed E-state index contributed by atoms with van der Waals surface area (Å²) in [4.78, 5) is 4.49. The first kappa shape index (κ1) is 15.1. The van der Waals surface area contributed by atoms with Gasteiger partial charge < -0.3 is 10.3 Å². The molecule has 108 valence electrons. The fourth-order valence-electron chi connectivity index (χ4n) is 1.86. The minimum absolute atomic E-state index is 0.591. The van der Waals surface area contributed by atoms with Gasteiger partial charge in [0.1, 0.15) is 0 Å². The van der Waals surface area contributed by atoms with Gasteiger partial charge in [-0.3, -0.25) is 0 Å². The zero-order valence-corrected chi connectivity index (χ0v) is 12.8. The van der Waals surface area contributed by atoms with Gasteiger partial charge in [-0.1, -0.05) is 37.2 Å². The molecule has 0 amide bonds. The number of nitrogens with two attached hydrogens (primary N) is 1. The van der Waals surface area contributed by atoms with E-state index in [0.29, 0.717) is 17.7 Å². The fraction of sp³-hybridized carbons (Fsp3) is 0.467. The molecule has 0 aliphatic carbocycles. The minimum atomic E-state index is 0.591. The van der Waals surface area contributed by atoms with Gasteiger partial charge in [0.2, 0.25) is 0 Å². The molecule has 1 atom stereocenters. The molecule has 1 aromatic carbocycles. The fourth-order valence-corrected chi connectivity index (χ4v) is 2.65. The Morgan fingerprint density at radius 1 is 1.35 bits per heavy atom. The molecule has 0 saturated carbocycles. The van der Waals surface area contributed by atoms with Crippen molar-refractivity contribution in [3.63, 3.8) is 0 Å². The Labute approximate surface area is 124 Å². The van der Waals surface area contributed by atoms with Crippen LogP contribution in [0.1, 0.15) is 31.7 Å². The maximum Gasteiger partial charge on any atom is 0.258 e. The normalized spacial score (nSPS) is 12.6. The largest absolute Gasteiger partial charge is 0.334 e. The van der Waals surface area contributed by atoms with E-state index in [1.807, 2.05) is 30.0 Å². The van der Waals surface area contributed by atoms with Crippen molar-refractivity contribution in [1.29, 1.82) is 0 Å². The number of aromatic nitrogens is 2. The highest BCUT2D eigenvalue weighted by molar-refractivity contribution is 7.99. The monoisotopic (exact) mass is 291 g/mol. The minimum Gasteiger partial charge on any atom is -0.334 e. The second-order valence-electron chi connectivity index (χ2n) is 4.74. The third-order valence-electron chi connectivity index (χ3n) is 3.20. The van der Waals surface area contributed by atoms with Crippen LogP contribution in [-0.2, 0) is 12.2 Å². The lowest BCUT2D eigenvalue weighted by Gasteiger charge is -2.04. The van der Waals surface area contributed by atoms with Crippen molar-refractivity contribution in [2.45, 2.75) is 37.7 Å². The second kappa shape index (κ2) is 7.45. The van der Waals surface area contributed by atoms with Gasteiger partial charge >= 0.3 is 0 Å². The summed E-state index contributed by atoms with van der Waals surface area (Å²) < 4.78 is 5.39. The highest BCUT2D eigenvalue weighted by atomic mass is 32.2. The van der Waals surface area contributed by atoms with E-state index in [4.69, 9.17) is 10.3 Å². The molecule has 2 N–H and O–H groups in total. The van der Waals surface area contributed by atoms with Crippen LogP contribution in [0.4, 0.5) is 0 Å². The molecule has 0 fully saturated rings. The third kappa shape index (κ3) is 3.84. The molecule has 0 aliphatic heterocycles. The maximum atomic E-state index is 5.64. The van der Waals surface area contributed by atoms with Crippen LogP contribution in [0.15, 0.2) is 28.8 Å². The van der Waals surface area contributed by atoms with Gasteiger partial charge in [-0.05, 0) is 31.0 Å². The third-order valence-corrected chi connectivity index (χ3v) is 4.53. The van der Waals surface area contributed by atoms with Crippen molar-refractivity contribution in [1.82, 2.24) is 10.1 Å². The standard InChI is InChI=1S/C15H21N3OS/c1-3-11(2)20-10-14-17-15(19-18-14)13-7-5-4-6-12(13)8-9-16/h4-7,11H,3,8-10,16H2,1-2H3. The Bertz CT molecular complexity index is 541. The van der Waals surface area contributed by atoms with Gasteiger partial charge in [-0.15, -0.1) is 0 Å². The molecule has 2 aromatic rings. The summed E-state index contributed by atoms with van der Waals surface area (Å²) >= 11 is 1.85. The van der Waals surface area contributed by atoms with Gasteiger partial charge in [0.25, 0.3) is 5.89 Å². The Hall–Kier alpha value is -1.33. The highest BCUT2D eigenvalue weighted by Crippen LogP contribution is 2.24. The molecule has 0 aliphatic rings. The lowest BCUT2D eigenvalue weighted by Crippen LogP contribution is -2.03. The van der Waals surface area contributed by atoms with Gasteiger partial charge in [0.15, 0.2) is 5.82 Å². The summed E-state index contributed by atoms with van der Waals surface area (Å²) in [7, 11) is 0. The second-order valence-corrected chi connectivity index (χ2v) is 6.17. The van der Waals surface area contributed by atoms with Gasteiger partial charge in [-0.2, -0.15) is 16.7 Å². The van der Waals surface area contributed by atoms with Crippen molar-refractivity contribution in [3.05, 3.63) is 35.7 Å². The van der Waals surface area contributed by atoms with E-state index in [-0.39, 0.29) is 0 Å². The van der Waals surface area contributed by atoms with E-state index >= 15 is 0 Å². The lowest BCUT2D eigenvalue weighted by molar-refractivity contribution is 0.425. The maximum absolute atomic E-state index is 5.64. The molecular weight excluding hydrogens is 270 g/mol. The molecule has 1 heterocycles. The SMILES string of the molecule is CCC(C)SCc1noc(-c2ccccc2CCN)n1. The van der Waals surface area contributed by atoms with Crippen molar-refractivity contribution >= 4 is 11.8 Å². The Kier molecular flexibility index (Phi) is 5.61. The van der Waals surface area contributed by atoms with Crippen LogP contribution >= 0.6 is 11.8 Å². The van der Waals surface area contributed by atoms with Crippen LogP contribution in [0.25, 0.3) is 11.5 Å². The van der Waals surface area contributed by atoms with E-state index in [2.05, 4.69) is 30.1 Å². The number of hydrogen-bond acceptors (Lipinski definition) is 5. The lowest BCUT2D eigenvalue weighted by atomic mass is 10.0. The zero-order chi connectivity index (χ0) is 14.4. The Morgan fingerprint density at radius 2 is 2.15 bits per heavy atom. The Balaban J connectivity index is 2.12. The predicted molar refractivity (Wildman–Crippen MR) is 83.5 cm³/mol. The summed E-state index contributed by atoms with van der Waals surface area (Å²) in [6, 6.07) is 8.04. The van der Waals surface area contributed by atoms with Crippen LogP contribution in [-0.4, -0.2) is 21.9 Å². The van der Waals surface area contributed by atoms with Crippen LogP contribution in [0.3, 0.4) is 0 Å². The van der Waals surface area contributed by atoms with E-state index < -0.39 is 0 Å². The van der Waals surface area contributed by atoms with E-state index in [1.165, 1.54) is 0 Å². The molecule has 0 spiro atoms. The highest BCUT2D eigenvalue weighted by Gasteiger charge is 2.13. The smallest absolute Gasteiger partial charge is 0.258 e. The van der Waals surface area contributed by atoms with Crippen LogP contribution in [0.5, 0.6) is 0 Å². The van der Waals surface area contributed by atoms with Crippen molar-refractivity contribution in [2.24, 2.45) is 5.73 Å². The number of rotatable bonds is 7. The average molecular weight is 291 g/mol. The number of thioether (sulfide) groups is 1. The molecule has 4 nitrogen and oxygen atoms in total. The van der Waals surface area contributed by atoms with Crippen LogP contribution in [0.2, 0.25) is 0 Å². The summed E-state index contributed by atoms with van der Waals surface area (Å²) in [6.07, 6.45) is 1.96. The first-order valence-corrected chi connectivity index (χ1v) is 8.02. The molecule has 0 saturated heterocycles. The molecule has 0 radical (unpaired) electrons. The van der Waals surface area contributed by atoms with E-state index in [1.54, 1.807) is 0 Å². The first-order chi connectivity index (χ1) is 9.74. The molecular formula is C15H21N3OS. The molecule has 2 rings (SSSR count).